The molecule has 19 heavy (non-hydrogen) atoms. The maximum Gasteiger partial charge on any atom is 0.0707 e. The minimum absolute atomic E-state index is 0.634. The molecule has 0 spiro atoms. The molecule has 1 unspecified atom stereocenters. The summed E-state index contributed by atoms with van der Waals surface area (Å²) >= 11 is 0. The monoisotopic (exact) mass is 254 g/mol. The third kappa shape index (κ3) is 2.79. The van der Waals surface area contributed by atoms with E-state index in [1.807, 2.05) is 0 Å². The van der Waals surface area contributed by atoms with Crippen LogP contribution in [0, 0.1) is 12.8 Å². The smallest absolute Gasteiger partial charge is 0.0707 e. The predicted octanol–water partition coefficient (Wildman–Crippen LogP) is 3.47. The van der Waals surface area contributed by atoms with Crippen LogP contribution in [-0.2, 0) is 6.42 Å². The summed E-state index contributed by atoms with van der Waals surface area (Å²) in [6.07, 6.45) is 3.90. The van der Waals surface area contributed by atoms with E-state index in [4.69, 9.17) is 0 Å². The van der Waals surface area contributed by atoms with Crippen molar-refractivity contribution in [1.82, 2.24) is 10.3 Å². The van der Waals surface area contributed by atoms with Gasteiger partial charge in [-0.3, -0.25) is 4.98 Å². The van der Waals surface area contributed by atoms with Crippen molar-refractivity contribution in [3.05, 3.63) is 41.6 Å². The first-order valence-corrected chi connectivity index (χ1v) is 7.36. The zero-order chi connectivity index (χ0) is 13.2. The standard InChI is InChI=1S/C17H22N2/c1-3-18-17(13-8-9-13)11-14-10-12(2)19-16-7-5-4-6-15(14)16/h4-7,10,13,17-18H,3,8-9,11H2,1-2H3. The van der Waals surface area contributed by atoms with E-state index in [0.717, 1.165) is 30.1 Å². The summed E-state index contributed by atoms with van der Waals surface area (Å²) in [5.74, 6) is 0.882. The number of aromatic nitrogens is 1. The van der Waals surface area contributed by atoms with Crippen LogP contribution in [0.4, 0.5) is 0 Å². The van der Waals surface area contributed by atoms with Gasteiger partial charge in [-0.05, 0) is 56.3 Å². The van der Waals surface area contributed by atoms with Crippen molar-refractivity contribution in [2.75, 3.05) is 6.54 Å². The number of aryl methyl sites for hydroxylation is 1. The molecule has 3 rings (SSSR count). The van der Waals surface area contributed by atoms with Crippen LogP contribution in [0.3, 0.4) is 0 Å². The fraction of sp³-hybridized carbons (Fsp3) is 0.471. The highest BCUT2D eigenvalue weighted by atomic mass is 14.9. The van der Waals surface area contributed by atoms with Crippen LogP contribution in [-0.4, -0.2) is 17.6 Å². The van der Waals surface area contributed by atoms with Gasteiger partial charge in [0.25, 0.3) is 0 Å². The first-order chi connectivity index (χ1) is 9.28. The minimum Gasteiger partial charge on any atom is -0.314 e. The van der Waals surface area contributed by atoms with Gasteiger partial charge in [-0.25, -0.2) is 0 Å². The third-order valence-corrected chi connectivity index (χ3v) is 4.03. The van der Waals surface area contributed by atoms with E-state index in [0.29, 0.717) is 6.04 Å². The maximum atomic E-state index is 4.63. The number of fused-ring (bicyclic) bond motifs is 1. The molecule has 1 atom stereocenters. The highest BCUT2D eigenvalue weighted by Gasteiger charge is 2.30. The molecule has 2 heteroatoms. The number of benzene rings is 1. The number of pyridine rings is 1. The number of hydrogen-bond donors (Lipinski definition) is 1. The Morgan fingerprint density at radius 1 is 1.32 bits per heavy atom. The Balaban J connectivity index is 1.94. The van der Waals surface area contributed by atoms with Gasteiger partial charge in [0.05, 0.1) is 5.52 Å². The molecule has 0 amide bonds. The van der Waals surface area contributed by atoms with Gasteiger partial charge in [-0.15, -0.1) is 0 Å². The largest absolute Gasteiger partial charge is 0.314 e. The second-order valence-corrected chi connectivity index (χ2v) is 5.65. The van der Waals surface area contributed by atoms with E-state index in [-0.39, 0.29) is 0 Å². The number of rotatable bonds is 5. The van der Waals surface area contributed by atoms with Gasteiger partial charge in [0, 0.05) is 17.1 Å². The lowest BCUT2D eigenvalue weighted by atomic mass is 9.98. The summed E-state index contributed by atoms with van der Waals surface area (Å²) in [6.45, 7) is 5.35. The van der Waals surface area contributed by atoms with E-state index < -0.39 is 0 Å². The van der Waals surface area contributed by atoms with Gasteiger partial charge in [-0.2, -0.15) is 0 Å². The summed E-state index contributed by atoms with van der Waals surface area (Å²) in [5.41, 5.74) is 3.70. The summed E-state index contributed by atoms with van der Waals surface area (Å²) in [4.78, 5) is 4.63. The molecule has 0 aliphatic heterocycles. The molecule has 0 radical (unpaired) electrons. The van der Waals surface area contributed by atoms with Gasteiger partial charge in [0.1, 0.15) is 0 Å². The summed E-state index contributed by atoms with van der Waals surface area (Å²) in [7, 11) is 0. The molecule has 1 aromatic heterocycles. The van der Waals surface area contributed by atoms with Crippen molar-refractivity contribution in [3.8, 4) is 0 Å². The normalized spacial score (nSPS) is 16.7. The molecule has 2 aromatic rings. The maximum absolute atomic E-state index is 4.63. The van der Waals surface area contributed by atoms with Crippen molar-refractivity contribution >= 4 is 10.9 Å². The van der Waals surface area contributed by atoms with Gasteiger partial charge in [-0.1, -0.05) is 25.1 Å². The van der Waals surface area contributed by atoms with Crippen LogP contribution in [0.15, 0.2) is 30.3 Å². The van der Waals surface area contributed by atoms with Crippen molar-refractivity contribution < 1.29 is 0 Å². The summed E-state index contributed by atoms with van der Waals surface area (Å²) < 4.78 is 0. The van der Waals surface area contributed by atoms with Gasteiger partial charge < -0.3 is 5.32 Å². The number of nitrogens with one attached hydrogen (secondary N) is 1. The molecule has 1 aliphatic rings. The highest BCUT2D eigenvalue weighted by Crippen LogP contribution is 2.35. The lowest BCUT2D eigenvalue weighted by Gasteiger charge is -2.18. The quantitative estimate of drug-likeness (QED) is 0.883. The van der Waals surface area contributed by atoms with Crippen molar-refractivity contribution in [3.63, 3.8) is 0 Å². The SMILES string of the molecule is CCNC(Cc1cc(C)nc2ccccc12)C1CC1. The Labute approximate surface area is 115 Å². The number of nitrogens with zero attached hydrogens (tertiary/aromatic N) is 1. The molecular weight excluding hydrogens is 232 g/mol. The Morgan fingerprint density at radius 3 is 2.84 bits per heavy atom. The average molecular weight is 254 g/mol. The van der Waals surface area contributed by atoms with Crippen LogP contribution in [0.5, 0.6) is 0 Å². The third-order valence-electron chi connectivity index (χ3n) is 4.03. The predicted molar refractivity (Wildman–Crippen MR) is 80.4 cm³/mol. The van der Waals surface area contributed by atoms with Crippen LogP contribution in [0.2, 0.25) is 0 Å². The van der Waals surface area contributed by atoms with Gasteiger partial charge in [0.2, 0.25) is 0 Å². The van der Waals surface area contributed by atoms with E-state index in [9.17, 15) is 0 Å². The Hall–Kier alpha value is -1.41. The number of hydrogen-bond acceptors (Lipinski definition) is 2. The Bertz CT molecular complexity index is 572. The second kappa shape index (κ2) is 5.30. The van der Waals surface area contributed by atoms with Crippen LogP contribution >= 0.6 is 0 Å². The fourth-order valence-electron chi connectivity index (χ4n) is 2.97. The Kier molecular flexibility index (Phi) is 3.52. The second-order valence-electron chi connectivity index (χ2n) is 5.65. The van der Waals surface area contributed by atoms with E-state index in [2.05, 4.69) is 54.5 Å². The molecule has 1 heterocycles. The molecular formula is C17H22N2. The lowest BCUT2D eigenvalue weighted by molar-refractivity contribution is 0.473. The fourth-order valence-corrected chi connectivity index (χ4v) is 2.97. The van der Waals surface area contributed by atoms with Crippen molar-refractivity contribution in [2.45, 2.75) is 39.2 Å². The van der Waals surface area contributed by atoms with E-state index in [1.54, 1.807) is 0 Å². The molecule has 1 N–H and O–H groups in total. The minimum atomic E-state index is 0.634. The first-order valence-electron chi connectivity index (χ1n) is 7.36. The lowest BCUT2D eigenvalue weighted by Crippen LogP contribution is -2.33. The van der Waals surface area contributed by atoms with Crippen molar-refractivity contribution in [2.24, 2.45) is 5.92 Å². The highest BCUT2D eigenvalue weighted by molar-refractivity contribution is 5.82. The summed E-state index contributed by atoms with van der Waals surface area (Å²) in [6, 6.07) is 11.4. The molecule has 0 bridgehead atoms. The topological polar surface area (TPSA) is 24.9 Å². The molecule has 0 saturated heterocycles. The molecule has 1 aliphatic carbocycles. The molecule has 1 fully saturated rings. The van der Waals surface area contributed by atoms with Crippen molar-refractivity contribution in [1.29, 1.82) is 0 Å². The average Bonchev–Trinajstić information content (AvgIpc) is 3.22. The Morgan fingerprint density at radius 2 is 2.11 bits per heavy atom. The zero-order valence-electron chi connectivity index (χ0n) is 11.8. The van der Waals surface area contributed by atoms with Crippen LogP contribution < -0.4 is 5.32 Å². The zero-order valence-corrected chi connectivity index (χ0v) is 11.8. The molecule has 1 saturated carbocycles. The molecule has 100 valence electrons. The number of likely N-dealkylation sites (N-methyl/N-ethyl adjacent to an activating group) is 1. The number of para-hydroxylation sites is 1. The summed E-state index contributed by atoms with van der Waals surface area (Å²) in [5, 5.41) is 4.97. The van der Waals surface area contributed by atoms with E-state index >= 15 is 0 Å². The van der Waals surface area contributed by atoms with Crippen LogP contribution in [0.25, 0.3) is 10.9 Å². The molecule has 1 aromatic carbocycles. The van der Waals surface area contributed by atoms with Crippen LogP contribution in [0.1, 0.15) is 31.0 Å². The molecule has 2 nitrogen and oxygen atoms in total. The van der Waals surface area contributed by atoms with Gasteiger partial charge >= 0.3 is 0 Å². The first kappa shape index (κ1) is 12.6. The van der Waals surface area contributed by atoms with E-state index in [1.165, 1.54) is 23.8 Å². The van der Waals surface area contributed by atoms with Gasteiger partial charge in [0.15, 0.2) is 0 Å².